The molecule has 0 bridgehead atoms. The molecule has 1 saturated heterocycles. The van der Waals surface area contributed by atoms with E-state index in [2.05, 4.69) is 33.3 Å². The summed E-state index contributed by atoms with van der Waals surface area (Å²) < 4.78 is 5.29. The number of ether oxygens (including phenoxy) is 1. The van der Waals surface area contributed by atoms with Crippen LogP contribution in [0.2, 0.25) is 0 Å². The minimum absolute atomic E-state index is 0.0698. The number of nitrogens with two attached hydrogens (primary N) is 1. The Balaban J connectivity index is 1.44. The van der Waals surface area contributed by atoms with Gasteiger partial charge in [0.25, 0.3) is 0 Å². The molecule has 0 aliphatic carbocycles. The number of rotatable bonds is 8. The molecule has 7 heteroatoms. The fourth-order valence-corrected chi connectivity index (χ4v) is 4.22. The van der Waals surface area contributed by atoms with Gasteiger partial charge in [-0.3, -0.25) is 4.79 Å². The quantitative estimate of drug-likeness (QED) is 0.522. The van der Waals surface area contributed by atoms with Gasteiger partial charge in [-0.05, 0) is 68.4 Å². The number of benzene rings is 1. The van der Waals surface area contributed by atoms with E-state index < -0.39 is 0 Å². The highest BCUT2D eigenvalue weighted by atomic mass is 16.5. The van der Waals surface area contributed by atoms with Crippen LogP contribution < -0.4 is 15.8 Å². The molecule has 7 nitrogen and oxygen atoms in total. The number of anilines is 2. The van der Waals surface area contributed by atoms with E-state index in [9.17, 15) is 4.79 Å². The molecule has 0 amide bonds. The Hall–Kier alpha value is -3.19. The van der Waals surface area contributed by atoms with E-state index in [-0.39, 0.29) is 5.78 Å². The average molecular weight is 434 g/mol. The standard InChI is InChI=1S/C25H31N5O2/c1-30-13-10-18(11-14-30)16-28-25-21(6-8-23(29-25)32-2)22(31)7-4-17-3-5-20-19(15-17)9-12-27-24(20)26/h3,5-6,8-9,12,15,18H,4,7,10-11,13-14,16H2,1-2H3,(H2,26,27)(H,28,29). The number of ketones is 1. The second-order valence-electron chi connectivity index (χ2n) is 8.55. The van der Waals surface area contributed by atoms with E-state index in [1.54, 1.807) is 19.4 Å². The lowest BCUT2D eigenvalue weighted by Gasteiger charge is -2.29. The maximum Gasteiger partial charge on any atom is 0.214 e. The smallest absolute Gasteiger partial charge is 0.214 e. The van der Waals surface area contributed by atoms with E-state index in [1.807, 2.05) is 24.3 Å². The Bertz CT molecular complexity index is 1090. The molecule has 0 atom stereocenters. The molecule has 1 aliphatic rings. The van der Waals surface area contributed by atoms with Crippen LogP contribution in [0.3, 0.4) is 0 Å². The van der Waals surface area contributed by atoms with Crippen LogP contribution in [0.25, 0.3) is 10.8 Å². The average Bonchev–Trinajstić information content (AvgIpc) is 2.82. The Kier molecular flexibility index (Phi) is 6.85. The van der Waals surface area contributed by atoms with Gasteiger partial charge in [-0.2, -0.15) is 4.98 Å². The number of fused-ring (bicyclic) bond motifs is 1. The lowest BCUT2D eigenvalue weighted by atomic mass is 9.97. The third-order valence-corrected chi connectivity index (χ3v) is 6.28. The lowest BCUT2D eigenvalue weighted by Crippen LogP contribution is -2.33. The predicted molar refractivity (Wildman–Crippen MR) is 128 cm³/mol. The second-order valence-corrected chi connectivity index (χ2v) is 8.55. The molecule has 0 radical (unpaired) electrons. The van der Waals surface area contributed by atoms with Crippen molar-refractivity contribution in [1.82, 2.24) is 14.9 Å². The van der Waals surface area contributed by atoms with Gasteiger partial charge in [0.15, 0.2) is 5.78 Å². The number of nitrogen functional groups attached to an aromatic ring is 1. The van der Waals surface area contributed by atoms with Crippen LogP contribution in [0, 0.1) is 5.92 Å². The zero-order chi connectivity index (χ0) is 22.5. The molecule has 168 valence electrons. The molecule has 1 aliphatic heterocycles. The van der Waals surface area contributed by atoms with Gasteiger partial charge in [0.05, 0.1) is 12.7 Å². The van der Waals surface area contributed by atoms with Crippen LogP contribution in [0.4, 0.5) is 11.6 Å². The van der Waals surface area contributed by atoms with Crippen molar-refractivity contribution in [3.05, 3.63) is 53.7 Å². The molecule has 0 unspecified atom stereocenters. The van der Waals surface area contributed by atoms with Crippen molar-refractivity contribution in [1.29, 1.82) is 0 Å². The SMILES string of the molecule is COc1ccc(C(=O)CCc2ccc3c(N)nccc3c2)c(NCC2CCN(C)CC2)n1. The van der Waals surface area contributed by atoms with E-state index in [0.29, 0.717) is 41.8 Å². The molecule has 3 N–H and O–H groups in total. The van der Waals surface area contributed by atoms with E-state index in [1.165, 1.54) is 0 Å². The molecule has 32 heavy (non-hydrogen) atoms. The normalized spacial score (nSPS) is 15.1. The summed E-state index contributed by atoms with van der Waals surface area (Å²) in [6.45, 7) is 3.03. The van der Waals surface area contributed by atoms with E-state index in [0.717, 1.165) is 48.8 Å². The summed E-state index contributed by atoms with van der Waals surface area (Å²) in [4.78, 5) is 24.1. The van der Waals surface area contributed by atoms with E-state index >= 15 is 0 Å². The molecule has 3 aromatic rings. The number of likely N-dealkylation sites (tertiary alicyclic amines) is 1. The largest absolute Gasteiger partial charge is 0.481 e. The third kappa shape index (κ3) is 5.16. The number of Topliss-reactive ketones (excluding diaryl/α,β-unsaturated/α-hetero) is 1. The first kappa shape index (κ1) is 22.0. The first-order valence-corrected chi connectivity index (χ1v) is 11.2. The lowest BCUT2D eigenvalue weighted by molar-refractivity contribution is 0.0983. The first-order chi connectivity index (χ1) is 15.5. The van der Waals surface area contributed by atoms with Crippen LogP contribution in [0.1, 0.15) is 35.2 Å². The zero-order valence-corrected chi connectivity index (χ0v) is 18.8. The molecular formula is C25H31N5O2. The Morgan fingerprint density at radius 3 is 2.81 bits per heavy atom. The summed E-state index contributed by atoms with van der Waals surface area (Å²) in [7, 11) is 3.75. The van der Waals surface area contributed by atoms with Crippen LogP contribution in [0.5, 0.6) is 5.88 Å². The molecule has 3 heterocycles. The third-order valence-electron chi connectivity index (χ3n) is 6.28. The van der Waals surface area contributed by atoms with Crippen LogP contribution >= 0.6 is 0 Å². The highest BCUT2D eigenvalue weighted by Gasteiger charge is 2.19. The number of nitrogens with one attached hydrogen (secondary N) is 1. The van der Waals surface area contributed by atoms with Gasteiger partial charge in [-0.1, -0.05) is 18.2 Å². The predicted octanol–water partition coefficient (Wildman–Crippen LogP) is 3.79. The maximum atomic E-state index is 13.1. The maximum absolute atomic E-state index is 13.1. The number of carbonyl (C=O) groups excluding carboxylic acids is 1. The van der Waals surface area contributed by atoms with Gasteiger partial charge in [0.2, 0.25) is 5.88 Å². The number of methoxy groups -OCH3 is 1. The van der Waals surface area contributed by atoms with Crippen LogP contribution in [-0.2, 0) is 6.42 Å². The molecule has 1 fully saturated rings. The molecule has 0 spiro atoms. The van der Waals surface area contributed by atoms with Gasteiger partial charge in [-0.15, -0.1) is 0 Å². The van der Waals surface area contributed by atoms with Crippen LogP contribution in [0.15, 0.2) is 42.6 Å². The molecule has 2 aromatic heterocycles. The van der Waals surface area contributed by atoms with Crippen molar-refractivity contribution in [2.45, 2.75) is 25.7 Å². The second kappa shape index (κ2) is 9.96. The van der Waals surface area contributed by atoms with Crippen molar-refractivity contribution >= 4 is 28.2 Å². The molecular weight excluding hydrogens is 402 g/mol. The van der Waals surface area contributed by atoms with Gasteiger partial charge >= 0.3 is 0 Å². The monoisotopic (exact) mass is 433 g/mol. The van der Waals surface area contributed by atoms with Crippen molar-refractivity contribution in [2.75, 3.05) is 44.8 Å². The number of aryl methyl sites for hydroxylation is 1. The van der Waals surface area contributed by atoms with Gasteiger partial charge < -0.3 is 20.7 Å². The minimum Gasteiger partial charge on any atom is -0.481 e. The van der Waals surface area contributed by atoms with Crippen molar-refractivity contribution in [2.24, 2.45) is 5.92 Å². The number of pyridine rings is 2. The minimum atomic E-state index is 0.0698. The Morgan fingerprint density at radius 2 is 2.03 bits per heavy atom. The van der Waals surface area contributed by atoms with Crippen LogP contribution in [-0.4, -0.2) is 54.4 Å². The van der Waals surface area contributed by atoms with Crippen molar-refractivity contribution in [3.63, 3.8) is 0 Å². The fraction of sp³-hybridized carbons (Fsp3) is 0.400. The van der Waals surface area contributed by atoms with Crippen molar-refractivity contribution < 1.29 is 9.53 Å². The Morgan fingerprint density at radius 1 is 1.22 bits per heavy atom. The molecule has 4 rings (SSSR count). The summed E-state index contributed by atoms with van der Waals surface area (Å²) in [5.74, 6) is 2.30. The van der Waals surface area contributed by atoms with Gasteiger partial charge in [-0.25, -0.2) is 4.98 Å². The van der Waals surface area contributed by atoms with Crippen molar-refractivity contribution in [3.8, 4) is 5.88 Å². The number of carbonyl (C=O) groups is 1. The van der Waals surface area contributed by atoms with Gasteiger partial charge in [0, 0.05) is 30.6 Å². The summed E-state index contributed by atoms with van der Waals surface area (Å²) in [5, 5.41) is 5.40. The first-order valence-electron chi connectivity index (χ1n) is 11.2. The number of aromatic nitrogens is 2. The highest BCUT2D eigenvalue weighted by Crippen LogP contribution is 2.24. The van der Waals surface area contributed by atoms with E-state index in [4.69, 9.17) is 10.5 Å². The highest BCUT2D eigenvalue weighted by molar-refractivity contribution is 6.00. The summed E-state index contributed by atoms with van der Waals surface area (Å²) in [6, 6.07) is 11.6. The molecule has 0 saturated carbocycles. The topological polar surface area (TPSA) is 93.4 Å². The number of piperidine rings is 1. The fourth-order valence-electron chi connectivity index (χ4n) is 4.22. The number of hydrogen-bond acceptors (Lipinski definition) is 7. The van der Waals surface area contributed by atoms with Gasteiger partial charge in [0.1, 0.15) is 11.6 Å². The molecule has 1 aromatic carbocycles. The Labute approximate surface area is 189 Å². The summed E-state index contributed by atoms with van der Waals surface area (Å²) >= 11 is 0. The number of hydrogen-bond donors (Lipinski definition) is 2. The summed E-state index contributed by atoms with van der Waals surface area (Å²) in [6.07, 6.45) is 5.07. The summed E-state index contributed by atoms with van der Waals surface area (Å²) in [5.41, 5.74) is 7.66. The zero-order valence-electron chi connectivity index (χ0n) is 18.8. The number of nitrogens with zero attached hydrogens (tertiary/aromatic N) is 3.